The Hall–Kier alpha value is -3.82. The van der Waals surface area contributed by atoms with Crippen LogP contribution >= 0.6 is 0 Å². The lowest BCUT2D eigenvalue weighted by Gasteiger charge is -2.22. The van der Waals surface area contributed by atoms with Crippen molar-refractivity contribution in [3.8, 4) is 0 Å². The molecule has 4 rings (SSSR count). The second-order valence-electron chi connectivity index (χ2n) is 8.15. The number of nitrogens with one attached hydrogen (secondary N) is 1. The SMILES string of the molecule is COC(=O)c1cccc(CN(N)/C=C(\N)c2cccc3c(=O)cc(N4CCCOCC4)[nH]c23)c1. The molecule has 2 heterocycles. The van der Waals surface area contributed by atoms with Gasteiger partial charge in [0.05, 0.1) is 37.0 Å². The number of fused-ring (bicyclic) bond motifs is 1. The van der Waals surface area contributed by atoms with Gasteiger partial charge in [0.2, 0.25) is 0 Å². The monoisotopic (exact) mass is 463 g/mol. The normalized spacial score (nSPS) is 14.6. The molecule has 0 amide bonds. The summed E-state index contributed by atoms with van der Waals surface area (Å²) in [5.41, 5.74) is 9.37. The summed E-state index contributed by atoms with van der Waals surface area (Å²) < 4.78 is 10.3. The van der Waals surface area contributed by atoms with Gasteiger partial charge in [-0.3, -0.25) is 4.79 Å². The van der Waals surface area contributed by atoms with Crippen LogP contribution in [0, 0.1) is 0 Å². The van der Waals surface area contributed by atoms with Gasteiger partial charge in [-0.15, -0.1) is 0 Å². The maximum absolute atomic E-state index is 12.9. The van der Waals surface area contributed by atoms with Crippen LogP contribution in [0.1, 0.15) is 27.9 Å². The van der Waals surface area contributed by atoms with Crippen molar-refractivity contribution in [2.45, 2.75) is 13.0 Å². The molecule has 9 heteroatoms. The molecule has 0 unspecified atom stereocenters. The summed E-state index contributed by atoms with van der Waals surface area (Å²) in [5.74, 6) is 6.54. The number of benzene rings is 2. The van der Waals surface area contributed by atoms with Crippen LogP contribution in [0.3, 0.4) is 0 Å². The fourth-order valence-corrected chi connectivity index (χ4v) is 4.08. The molecular formula is C25H29N5O4. The standard InChI is InChI=1S/C25H29N5O4/c1-33-25(32)18-6-2-5-17(13-18)15-30(27)16-21(26)19-7-3-8-20-22(31)14-23(28-24(19)20)29-9-4-11-34-12-10-29/h2-3,5-8,13-14,16H,4,9-12,15,26-27H2,1H3,(H,28,31)/b21-16-. The Bertz CT molecular complexity index is 1260. The van der Waals surface area contributed by atoms with Crippen molar-refractivity contribution in [2.24, 2.45) is 11.6 Å². The van der Waals surface area contributed by atoms with Crippen molar-refractivity contribution in [1.29, 1.82) is 0 Å². The highest BCUT2D eigenvalue weighted by Crippen LogP contribution is 2.23. The van der Waals surface area contributed by atoms with E-state index < -0.39 is 5.97 Å². The van der Waals surface area contributed by atoms with Crippen molar-refractivity contribution in [3.05, 3.63) is 81.6 Å². The third-order valence-corrected chi connectivity index (χ3v) is 5.74. The number of pyridine rings is 1. The minimum absolute atomic E-state index is 0.0761. The van der Waals surface area contributed by atoms with Gasteiger partial charge in [0.1, 0.15) is 5.82 Å². The predicted molar refractivity (Wildman–Crippen MR) is 132 cm³/mol. The number of anilines is 1. The summed E-state index contributed by atoms with van der Waals surface area (Å²) in [6, 6.07) is 14.1. The minimum atomic E-state index is -0.410. The molecule has 1 aliphatic heterocycles. The smallest absolute Gasteiger partial charge is 0.337 e. The van der Waals surface area contributed by atoms with Gasteiger partial charge in [-0.05, 0) is 30.2 Å². The van der Waals surface area contributed by atoms with Crippen LogP contribution in [0.2, 0.25) is 0 Å². The van der Waals surface area contributed by atoms with Gasteiger partial charge in [0.15, 0.2) is 5.43 Å². The van der Waals surface area contributed by atoms with E-state index in [1.165, 1.54) is 12.1 Å². The van der Waals surface area contributed by atoms with Gasteiger partial charge >= 0.3 is 5.97 Å². The predicted octanol–water partition coefficient (Wildman–Crippen LogP) is 2.17. The summed E-state index contributed by atoms with van der Waals surface area (Å²) in [6.07, 6.45) is 2.51. The van der Waals surface area contributed by atoms with Crippen LogP contribution < -0.4 is 21.9 Å². The second kappa shape index (κ2) is 10.4. The first kappa shape index (κ1) is 23.3. The number of hydrogen-bond donors (Lipinski definition) is 3. The van der Waals surface area contributed by atoms with Crippen molar-refractivity contribution in [3.63, 3.8) is 0 Å². The highest BCUT2D eigenvalue weighted by atomic mass is 16.5. The second-order valence-corrected chi connectivity index (χ2v) is 8.15. The Morgan fingerprint density at radius 2 is 2.03 bits per heavy atom. The molecule has 0 aliphatic carbocycles. The molecule has 2 aromatic carbocycles. The molecule has 9 nitrogen and oxygen atoms in total. The fourth-order valence-electron chi connectivity index (χ4n) is 4.08. The highest BCUT2D eigenvalue weighted by molar-refractivity contribution is 5.91. The number of rotatable bonds is 6. The van der Waals surface area contributed by atoms with Gasteiger partial charge in [0.25, 0.3) is 0 Å². The molecule has 0 spiro atoms. The molecule has 0 atom stereocenters. The van der Waals surface area contributed by atoms with Gasteiger partial charge < -0.3 is 30.1 Å². The van der Waals surface area contributed by atoms with Crippen molar-refractivity contribution in [1.82, 2.24) is 9.99 Å². The van der Waals surface area contributed by atoms with Crippen molar-refractivity contribution < 1.29 is 14.3 Å². The average Bonchev–Trinajstić information content (AvgIpc) is 3.13. The molecule has 0 saturated carbocycles. The number of nitrogens with zero attached hydrogens (tertiary/aromatic N) is 2. The molecule has 1 saturated heterocycles. The highest BCUT2D eigenvalue weighted by Gasteiger charge is 2.15. The number of esters is 1. The first-order chi connectivity index (χ1) is 16.5. The summed E-state index contributed by atoms with van der Waals surface area (Å²) in [4.78, 5) is 30.2. The molecule has 1 aromatic heterocycles. The maximum Gasteiger partial charge on any atom is 0.337 e. The van der Waals surface area contributed by atoms with Gasteiger partial charge in [0, 0.05) is 42.9 Å². The molecule has 1 aliphatic rings. The Balaban J connectivity index is 1.63. The van der Waals surface area contributed by atoms with Gasteiger partial charge in [-0.1, -0.05) is 24.3 Å². The van der Waals surface area contributed by atoms with E-state index in [-0.39, 0.29) is 5.43 Å². The number of H-pyrrole nitrogens is 1. The van der Waals surface area contributed by atoms with E-state index in [9.17, 15) is 9.59 Å². The van der Waals surface area contributed by atoms with E-state index in [1.54, 1.807) is 42.6 Å². The minimum Gasteiger partial charge on any atom is -0.465 e. The number of para-hydroxylation sites is 1. The Morgan fingerprint density at radius 3 is 2.85 bits per heavy atom. The van der Waals surface area contributed by atoms with Crippen LogP contribution in [0.25, 0.3) is 16.6 Å². The topological polar surface area (TPSA) is 127 Å². The summed E-state index contributed by atoms with van der Waals surface area (Å²) in [7, 11) is 1.34. The lowest BCUT2D eigenvalue weighted by Crippen LogP contribution is -2.28. The van der Waals surface area contributed by atoms with E-state index in [0.29, 0.717) is 54.0 Å². The number of hydrogen-bond acceptors (Lipinski definition) is 8. The third-order valence-electron chi connectivity index (χ3n) is 5.74. The summed E-state index contributed by atoms with van der Waals surface area (Å²) >= 11 is 0. The summed E-state index contributed by atoms with van der Waals surface area (Å²) in [5, 5.41) is 2.00. The first-order valence-corrected chi connectivity index (χ1v) is 11.1. The van der Waals surface area contributed by atoms with E-state index in [1.807, 2.05) is 12.1 Å². The number of ether oxygens (including phenoxy) is 2. The van der Waals surface area contributed by atoms with Crippen LogP contribution in [0.5, 0.6) is 0 Å². The van der Waals surface area contributed by atoms with Crippen molar-refractivity contribution in [2.75, 3.05) is 38.3 Å². The van der Waals surface area contributed by atoms with E-state index in [2.05, 4.69) is 9.88 Å². The van der Waals surface area contributed by atoms with Crippen LogP contribution in [-0.4, -0.2) is 49.4 Å². The summed E-state index contributed by atoms with van der Waals surface area (Å²) in [6.45, 7) is 3.16. The quantitative estimate of drug-likeness (QED) is 0.288. The number of nitrogens with two attached hydrogens (primary N) is 2. The number of aromatic nitrogens is 1. The molecule has 1 fully saturated rings. The number of methoxy groups -OCH3 is 1. The van der Waals surface area contributed by atoms with Crippen LogP contribution in [0.4, 0.5) is 5.82 Å². The number of carbonyl (C=O) groups is 1. The number of carbonyl (C=O) groups excluding carboxylic acids is 1. The first-order valence-electron chi connectivity index (χ1n) is 11.1. The third kappa shape index (κ3) is 5.22. The van der Waals surface area contributed by atoms with Crippen LogP contribution in [0.15, 0.2) is 59.5 Å². The molecule has 178 valence electrons. The van der Waals surface area contributed by atoms with E-state index in [4.69, 9.17) is 21.1 Å². The Kier molecular flexibility index (Phi) is 7.15. The lowest BCUT2D eigenvalue weighted by molar-refractivity contribution is 0.0600. The lowest BCUT2D eigenvalue weighted by atomic mass is 10.1. The van der Waals surface area contributed by atoms with Crippen LogP contribution in [-0.2, 0) is 16.0 Å². The molecule has 3 aromatic rings. The zero-order chi connectivity index (χ0) is 24.1. The molecular weight excluding hydrogens is 434 g/mol. The molecule has 0 radical (unpaired) electrons. The van der Waals surface area contributed by atoms with Gasteiger partial charge in [-0.25, -0.2) is 10.6 Å². The molecule has 5 N–H and O–H groups in total. The average molecular weight is 464 g/mol. The van der Waals surface area contributed by atoms with Crippen molar-refractivity contribution >= 4 is 28.4 Å². The molecule has 0 bridgehead atoms. The van der Waals surface area contributed by atoms with E-state index >= 15 is 0 Å². The van der Waals surface area contributed by atoms with E-state index in [0.717, 1.165) is 24.3 Å². The zero-order valence-corrected chi connectivity index (χ0v) is 19.1. The van der Waals surface area contributed by atoms with Gasteiger partial charge in [-0.2, -0.15) is 0 Å². The Morgan fingerprint density at radius 1 is 1.21 bits per heavy atom. The molecule has 34 heavy (non-hydrogen) atoms. The zero-order valence-electron chi connectivity index (χ0n) is 19.1. The number of hydrazine groups is 1. The largest absolute Gasteiger partial charge is 0.465 e. The Labute approximate surface area is 197 Å². The number of aromatic amines is 1. The fraction of sp³-hybridized carbons (Fsp3) is 0.280. The maximum atomic E-state index is 12.9.